The number of hydrogen-bond acceptors (Lipinski definition) is 4. The first-order chi connectivity index (χ1) is 11.5. The fraction of sp³-hybridized carbons (Fsp3) is 0.235. The molecule has 0 bridgehead atoms. The second-order valence-electron chi connectivity index (χ2n) is 5.18. The van der Waals surface area contributed by atoms with Gasteiger partial charge in [0.05, 0.1) is 11.0 Å². The van der Waals surface area contributed by atoms with Crippen molar-refractivity contribution in [2.45, 2.75) is 19.4 Å². The molecule has 0 spiro atoms. The Morgan fingerprint density at radius 2 is 2.00 bits per heavy atom. The molecule has 0 aromatic heterocycles. The van der Waals surface area contributed by atoms with Crippen molar-refractivity contribution >= 4 is 11.6 Å². The average molecular weight is 332 g/mol. The number of nitro groups is 1. The van der Waals surface area contributed by atoms with Gasteiger partial charge in [-0.1, -0.05) is 18.2 Å². The van der Waals surface area contributed by atoms with Crippen LogP contribution in [0.2, 0.25) is 0 Å². The van der Waals surface area contributed by atoms with E-state index < -0.39 is 11.0 Å². The standard InChI is InChI=1S/C17H17FN2O4/c1-12(24-16-4-2-3-15(11-16)20(22)23)17(21)19-10-9-13-5-7-14(18)8-6-13/h2-8,11-12H,9-10H2,1H3,(H,19,21)/t12-/m1/s1. The number of ether oxygens (including phenoxy) is 1. The summed E-state index contributed by atoms with van der Waals surface area (Å²) in [6.45, 7) is 1.94. The van der Waals surface area contributed by atoms with Gasteiger partial charge in [0.1, 0.15) is 11.6 Å². The number of carbonyl (C=O) groups excluding carboxylic acids is 1. The van der Waals surface area contributed by atoms with Crippen molar-refractivity contribution in [3.05, 3.63) is 70.0 Å². The van der Waals surface area contributed by atoms with Crippen LogP contribution in [0.25, 0.3) is 0 Å². The first-order valence-corrected chi connectivity index (χ1v) is 7.39. The van der Waals surface area contributed by atoms with Gasteiger partial charge in [0.25, 0.3) is 11.6 Å². The maximum atomic E-state index is 12.8. The number of hydrogen-bond donors (Lipinski definition) is 1. The molecule has 2 aromatic carbocycles. The van der Waals surface area contributed by atoms with Gasteiger partial charge < -0.3 is 10.1 Å². The van der Waals surface area contributed by atoms with Gasteiger partial charge in [-0.15, -0.1) is 0 Å². The molecule has 6 nitrogen and oxygen atoms in total. The Morgan fingerprint density at radius 1 is 1.29 bits per heavy atom. The molecule has 0 aliphatic carbocycles. The molecule has 1 atom stereocenters. The Labute approximate surface area is 138 Å². The third-order valence-corrected chi connectivity index (χ3v) is 3.34. The first-order valence-electron chi connectivity index (χ1n) is 7.39. The van der Waals surface area contributed by atoms with Crippen LogP contribution in [0.4, 0.5) is 10.1 Å². The maximum Gasteiger partial charge on any atom is 0.273 e. The van der Waals surface area contributed by atoms with Crippen molar-refractivity contribution in [1.29, 1.82) is 0 Å². The Balaban J connectivity index is 1.82. The minimum atomic E-state index is -0.791. The van der Waals surface area contributed by atoms with Crippen LogP contribution in [-0.4, -0.2) is 23.5 Å². The Morgan fingerprint density at radius 3 is 2.67 bits per heavy atom. The van der Waals surface area contributed by atoms with E-state index in [0.717, 1.165) is 5.56 Å². The first kappa shape index (κ1) is 17.4. The summed E-state index contributed by atoms with van der Waals surface area (Å²) in [6.07, 6.45) is -0.226. The summed E-state index contributed by atoms with van der Waals surface area (Å²) in [7, 11) is 0. The van der Waals surface area contributed by atoms with E-state index in [0.29, 0.717) is 13.0 Å². The topological polar surface area (TPSA) is 81.5 Å². The molecule has 126 valence electrons. The summed E-state index contributed by atoms with van der Waals surface area (Å²) in [6, 6.07) is 11.7. The van der Waals surface area contributed by atoms with Crippen molar-refractivity contribution in [3.63, 3.8) is 0 Å². The summed E-state index contributed by atoms with van der Waals surface area (Å²) in [5.74, 6) is -0.379. The summed E-state index contributed by atoms with van der Waals surface area (Å²) in [4.78, 5) is 22.2. The highest BCUT2D eigenvalue weighted by Crippen LogP contribution is 2.20. The average Bonchev–Trinajstić information content (AvgIpc) is 2.56. The smallest absolute Gasteiger partial charge is 0.273 e. The molecule has 1 N–H and O–H groups in total. The van der Waals surface area contributed by atoms with Crippen LogP contribution in [-0.2, 0) is 11.2 Å². The molecule has 0 fully saturated rings. The number of rotatable bonds is 7. The SMILES string of the molecule is C[C@@H](Oc1cccc([N+](=O)[O-])c1)C(=O)NCCc1ccc(F)cc1. The number of non-ortho nitro benzene ring substituents is 1. The monoisotopic (exact) mass is 332 g/mol. The van der Waals surface area contributed by atoms with Gasteiger partial charge in [-0.2, -0.15) is 0 Å². The number of amides is 1. The fourth-order valence-corrected chi connectivity index (χ4v) is 2.05. The minimum absolute atomic E-state index is 0.101. The van der Waals surface area contributed by atoms with Gasteiger partial charge in [0.15, 0.2) is 6.10 Å². The van der Waals surface area contributed by atoms with Crippen molar-refractivity contribution < 1.29 is 18.8 Å². The number of benzene rings is 2. The van der Waals surface area contributed by atoms with Gasteiger partial charge in [-0.05, 0) is 37.1 Å². The zero-order valence-electron chi connectivity index (χ0n) is 13.1. The molecule has 0 aliphatic heterocycles. The van der Waals surface area contributed by atoms with Crippen molar-refractivity contribution in [2.24, 2.45) is 0 Å². The fourth-order valence-electron chi connectivity index (χ4n) is 2.05. The quantitative estimate of drug-likeness (QED) is 0.624. The van der Waals surface area contributed by atoms with E-state index in [-0.39, 0.29) is 23.2 Å². The number of carbonyl (C=O) groups is 1. The summed E-state index contributed by atoms with van der Waals surface area (Å²) < 4.78 is 18.2. The van der Waals surface area contributed by atoms with Gasteiger partial charge in [0, 0.05) is 12.6 Å². The van der Waals surface area contributed by atoms with Crippen LogP contribution < -0.4 is 10.1 Å². The second kappa shape index (κ2) is 8.05. The minimum Gasteiger partial charge on any atom is -0.481 e. The van der Waals surface area contributed by atoms with Crippen LogP contribution in [0.3, 0.4) is 0 Å². The number of nitrogens with one attached hydrogen (secondary N) is 1. The molecule has 0 unspecified atom stereocenters. The van der Waals surface area contributed by atoms with Crippen molar-refractivity contribution in [3.8, 4) is 5.75 Å². The van der Waals surface area contributed by atoms with E-state index >= 15 is 0 Å². The van der Waals surface area contributed by atoms with Crippen LogP contribution >= 0.6 is 0 Å². The summed E-state index contributed by atoms with van der Waals surface area (Å²) >= 11 is 0. The lowest BCUT2D eigenvalue weighted by atomic mass is 10.1. The molecule has 0 radical (unpaired) electrons. The molecule has 1 amide bonds. The lowest BCUT2D eigenvalue weighted by Crippen LogP contribution is -2.37. The molecule has 2 rings (SSSR count). The zero-order chi connectivity index (χ0) is 17.5. The number of nitro benzene ring substituents is 1. The Hall–Kier alpha value is -2.96. The van der Waals surface area contributed by atoms with Gasteiger partial charge in [-0.3, -0.25) is 14.9 Å². The van der Waals surface area contributed by atoms with Crippen LogP contribution in [0.5, 0.6) is 5.75 Å². The number of nitrogens with zero attached hydrogens (tertiary/aromatic N) is 1. The zero-order valence-corrected chi connectivity index (χ0v) is 13.1. The highest BCUT2D eigenvalue weighted by Gasteiger charge is 2.15. The highest BCUT2D eigenvalue weighted by atomic mass is 19.1. The molecule has 0 heterocycles. The predicted octanol–water partition coefficient (Wildman–Crippen LogP) is 2.86. The van der Waals surface area contributed by atoms with Gasteiger partial charge in [0.2, 0.25) is 0 Å². The molecule has 0 saturated carbocycles. The molecular weight excluding hydrogens is 315 g/mol. The van der Waals surface area contributed by atoms with Gasteiger partial charge in [-0.25, -0.2) is 4.39 Å². The molecular formula is C17H17FN2O4. The molecule has 0 saturated heterocycles. The van der Waals surface area contributed by atoms with E-state index in [9.17, 15) is 19.3 Å². The molecule has 7 heteroatoms. The summed E-state index contributed by atoms with van der Waals surface area (Å²) in [5, 5.41) is 13.4. The van der Waals surface area contributed by atoms with E-state index in [2.05, 4.69) is 5.32 Å². The lowest BCUT2D eigenvalue weighted by molar-refractivity contribution is -0.384. The third-order valence-electron chi connectivity index (χ3n) is 3.34. The van der Waals surface area contributed by atoms with Crippen molar-refractivity contribution in [1.82, 2.24) is 5.32 Å². The van der Waals surface area contributed by atoms with E-state index in [1.165, 1.54) is 30.3 Å². The van der Waals surface area contributed by atoms with Crippen molar-refractivity contribution in [2.75, 3.05) is 6.54 Å². The molecule has 2 aromatic rings. The Bertz CT molecular complexity index is 719. The highest BCUT2D eigenvalue weighted by molar-refractivity contribution is 5.80. The Kier molecular flexibility index (Phi) is 5.83. The maximum absolute atomic E-state index is 12.8. The largest absolute Gasteiger partial charge is 0.481 e. The predicted molar refractivity (Wildman–Crippen MR) is 86.3 cm³/mol. The lowest BCUT2D eigenvalue weighted by Gasteiger charge is -2.14. The van der Waals surface area contributed by atoms with Crippen LogP contribution in [0, 0.1) is 15.9 Å². The summed E-state index contributed by atoms with van der Waals surface area (Å²) in [5.41, 5.74) is 0.806. The van der Waals surface area contributed by atoms with Gasteiger partial charge >= 0.3 is 0 Å². The second-order valence-corrected chi connectivity index (χ2v) is 5.18. The van der Waals surface area contributed by atoms with E-state index in [4.69, 9.17) is 4.74 Å². The van der Waals surface area contributed by atoms with Crippen LogP contribution in [0.15, 0.2) is 48.5 Å². The third kappa shape index (κ3) is 5.05. The molecule has 24 heavy (non-hydrogen) atoms. The number of halogens is 1. The van der Waals surface area contributed by atoms with Crippen LogP contribution in [0.1, 0.15) is 12.5 Å². The van der Waals surface area contributed by atoms with E-state index in [1.807, 2.05) is 0 Å². The molecule has 0 aliphatic rings. The normalized spacial score (nSPS) is 11.6. The van der Waals surface area contributed by atoms with E-state index in [1.54, 1.807) is 25.1 Å².